The van der Waals surface area contributed by atoms with E-state index in [2.05, 4.69) is 9.69 Å². The van der Waals surface area contributed by atoms with E-state index in [1.165, 1.54) is 11.5 Å². The van der Waals surface area contributed by atoms with Gasteiger partial charge in [-0.2, -0.15) is 4.37 Å². The summed E-state index contributed by atoms with van der Waals surface area (Å²) in [6, 6.07) is 7.86. The van der Waals surface area contributed by atoms with Gasteiger partial charge in [-0.3, -0.25) is 0 Å². The van der Waals surface area contributed by atoms with Crippen molar-refractivity contribution in [1.29, 1.82) is 0 Å². The molecule has 0 aliphatic rings. The van der Waals surface area contributed by atoms with Crippen molar-refractivity contribution in [1.82, 2.24) is 4.37 Å². The Morgan fingerprint density at radius 3 is 2.56 bits per heavy atom. The van der Waals surface area contributed by atoms with Gasteiger partial charge in [-0.05, 0) is 29.2 Å². The molecule has 0 saturated carbocycles. The summed E-state index contributed by atoms with van der Waals surface area (Å²) in [5.74, 6) is 1.87. The number of hydrogen-bond donors (Lipinski definition) is 2. The number of anilines is 2. The Morgan fingerprint density at radius 2 is 1.94 bits per heavy atom. The van der Waals surface area contributed by atoms with Gasteiger partial charge in [-0.25, -0.2) is 0 Å². The number of hydrogen-bond acceptors (Lipinski definition) is 6. The summed E-state index contributed by atoms with van der Waals surface area (Å²) in [6.07, 6.45) is 0. The molecular weight excluding hydrogens is 250 g/mol. The molecular formula is C12H15N3O2S. The molecule has 2 rings (SSSR count). The maximum atomic E-state index is 5.68. The third-order valence-electron chi connectivity index (χ3n) is 2.49. The fourth-order valence-corrected chi connectivity index (χ4v) is 2.21. The second-order valence-electron chi connectivity index (χ2n) is 3.63. The number of ether oxygens (including phenoxy) is 2. The topological polar surface area (TPSA) is 69.4 Å². The molecule has 1 heterocycles. The van der Waals surface area contributed by atoms with Crippen LogP contribution in [0.4, 0.5) is 10.8 Å². The first-order chi connectivity index (χ1) is 8.74. The van der Waals surface area contributed by atoms with Crippen molar-refractivity contribution in [2.45, 2.75) is 6.54 Å². The molecule has 0 amide bonds. The molecule has 0 spiro atoms. The smallest absolute Gasteiger partial charge is 0.197 e. The van der Waals surface area contributed by atoms with E-state index in [4.69, 9.17) is 15.2 Å². The van der Waals surface area contributed by atoms with Crippen molar-refractivity contribution in [3.8, 4) is 11.5 Å². The highest BCUT2D eigenvalue weighted by Crippen LogP contribution is 2.34. The van der Waals surface area contributed by atoms with Crippen molar-refractivity contribution in [2.24, 2.45) is 0 Å². The zero-order chi connectivity index (χ0) is 13.0. The summed E-state index contributed by atoms with van der Waals surface area (Å²) in [5, 5.41) is 4.09. The Balaban J connectivity index is 2.02. The number of aromatic nitrogens is 1. The molecule has 0 bridgehead atoms. The average molecular weight is 265 g/mol. The first-order valence-electron chi connectivity index (χ1n) is 5.40. The number of nitrogens with zero attached hydrogens (tertiary/aromatic N) is 1. The number of nitrogens with one attached hydrogen (secondary N) is 1. The van der Waals surface area contributed by atoms with Crippen LogP contribution in [0.25, 0.3) is 0 Å². The van der Waals surface area contributed by atoms with E-state index in [1.54, 1.807) is 14.2 Å². The number of methoxy groups -OCH3 is 2. The summed E-state index contributed by atoms with van der Waals surface area (Å²) in [7, 11) is 3.23. The first kappa shape index (κ1) is 12.5. The second-order valence-corrected chi connectivity index (χ2v) is 4.41. The van der Waals surface area contributed by atoms with Crippen molar-refractivity contribution in [3.63, 3.8) is 0 Å². The van der Waals surface area contributed by atoms with Crippen LogP contribution in [0.5, 0.6) is 11.5 Å². The van der Waals surface area contributed by atoms with Gasteiger partial charge in [0, 0.05) is 6.54 Å². The Morgan fingerprint density at radius 1 is 1.22 bits per heavy atom. The van der Waals surface area contributed by atoms with E-state index >= 15 is 0 Å². The van der Waals surface area contributed by atoms with Gasteiger partial charge < -0.3 is 20.5 Å². The average Bonchev–Trinajstić information content (AvgIpc) is 2.77. The van der Waals surface area contributed by atoms with E-state index < -0.39 is 0 Å². The Labute approximate surface area is 110 Å². The molecule has 0 unspecified atom stereocenters. The lowest BCUT2D eigenvalue weighted by molar-refractivity contribution is 0.414. The van der Waals surface area contributed by atoms with E-state index in [9.17, 15) is 0 Å². The summed E-state index contributed by atoms with van der Waals surface area (Å²) in [6.45, 7) is 0.683. The SMILES string of the molecule is COc1ccc(CNc2snc(N)c2OC)cc1. The van der Waals surface area contributed by atoms with Crippen LogP contribution in [-0.4, -0.2) is 18.6 Å². The molecule has 18 heavy (non-hydrogen) atoms. The Bertz CT molecular complexity index is 511. The van der Waals surface area contributed by atoms with Gasteiger partial charge in [0.15, 0.2) is 16.6 Å². The predicted octanol–water partition coefficient (Wildman–Crippen LogP) is 2.35. The molecule has 2 aromatic rings. The predicted molar refractivity (Wildman–Crippen MR) is 73.4 cm³/mol. The Hall–Kier alpha value is -1.95. The maximum absolute atomic E-state index is 5.68. The molecule has 1 aromatic heterocycles. The molecule has 0 atom stereocenters. The molecule has 3 N–H and O–H groups in total. The number of benzene rings is 1. The van der Waals surface area contributed by atoms with Gasteiger partial charge in [0.1, 0.15) is 5.75 Å². The molecule has 1 aromatic carbocycles. The van der Waals surface area contributed by atoms with E-state index in [0.717, 1.165) is 16.3 Å². The minimum absolute atomic E-state index is 0.416. The minimum Gasteiger partial charge on any atom is -0.497 e. The van der Waals surface area contributed by atoms with Crippen LogP contribution in [0, 0.1) is 0 Å². The standard InChI is InChI=1S/C12H15N3O2S/c1-16-9-5-3-8(4-6-9)7-14-12-10(17-2)11(13)15-18-12/h3-6,14H,7H2,1-2H3,(H2,13,15). The number of rotatable bonds is 5. The molecule has 5 nitrogen and oxygen atoms in total. The first-order valence-corrected chi connectivity index (χ1v) is 6.18. The number of nitrogen functional groups attached to an aromatic ring is 1. The highest BCUT2D eigenvalue weighted by atomic mass is 32.1. The third kappa shape index (κ3) is 2.65. The van der Waals surface area contributed by atoms with Crippen molar-refractivity contribution in [3.05, 3.63) is 29.8 Å². The second kappa shape index (κ2) is 5.59. The van der Waals surface area contributed by atoms with E-state index in [0.29, 0.717) is 18.1 Å². The van der Waals surface area contributed by atoms with Gasteiger partial charge in [0.05, 0.1) is 14.2 Å². The lowest BCUT2D eigenvalue weighted by atomic mass is 10.2. The monoisotopic (exact) mass is 265 g/mol. The summed E-state index contributed by atoms with van der Waals surface area (Å²) >= 11 is 1.29. The molecule has 0 saturated heterocycles. The highest BCUT2D eigenvalue weighted by molar-refractivity contribution is 7.11. The zero-order valence-electron chi connectivity index (χ0n) is 10.3. The molecule has 0 aliphatic carbocycles. The molecule has 0 fully saturated rings. The van der Waals surface area contributed by atoms with E-state index in [-0.39, 0.29) is 0 Å². The van der Waals surface area contributed by atoms with Gasteiger partial charge in [-0.1, -0.05) is 12.1 Å². The number of nitrogens with two attached hydrogens (primary N) is 1. The molecule has 96 valence electrons. The lowest BCUT2D eigenvalue weighted by Crippen LogP contribution is -1.99. The molecule has 0 radical (unpaired) electrons. The zero-order valence-corrected chi connectivity index (χ0v) is 11.1. The van der Waals surface area contributed by atoms with Crippen molar-refractivity contribution >= 4 is 22.4 Å². The van der Waals surface area contributed by atoms with Crippen molar-refractivity contribution < 1.29 is 9.47 Å². The van der Waals surface area contributed by atoms with Crippen LogP contribution >= 0.6 is 11.5 Å². The van der Waals surface area contributed by atoms with Gasteiger partial charge >= 0.3 is 0 Å². The minimum atomic E-state index is 0.416. The van der Waals surface area contributed by atoms with Gasteiger partial charge in [0.2, 0.25) is 0 Å². The quantitative estimate of drug-likeness (QED) is 0.868. The normalized spacial score (nSPS) is 10.1. The van der Waals surface area contributed by atoms with Crippen molar-refractivity contribution in [2.75, 3.05) is 25.3 Å². The summed E-state index contributed by atoms with van der Waals surface area (Å²) in [4.78, 5) is 0. The molecule has 0 aliphatic heterocycles. The van der Waals surface area contributed by atoms with E-state index in [1.807, 2.05) is 24.3 Å². The summed E-state index contributed by atoms with van der Waals surface area (Å²) in [5.41, 5.74) is 6.82. The fourth-order valence-electron chi connectivity index (χ4n) is 1.53. The van der Waals surface area contributed by atoms with Crippen LogP contribution in [0.1, 0.15) is 5.56 Å². The van der Waals surface area contributed by atoms with Crippen LogP contribution in [0.3, 0.4) is 0 Å². The van der Waals surface area contributed by atoms with Crippen LogP contribution in [0.2, 0.25) is 0 Å². The third-order valence-corrected chi connectivity index (χ3v) is 3.29. The van der Waals surface area contributed by atoms with Gasteiger partial charge in [-0.15, -0.1) is 0 Å². The largest absolute Gasteiger partial charge is 0.497 e. The fraction of sp³-hybridized carbons (Fsp3) is 0.250. The summed E-state index contributed by atoms with van der Waals surface area (Å²) < 4.78 is 14.3. The maximum Gasteiger partial charge on any atom is 0.197 e. The van der Waals surface area contributed by atoms with Crippen LogP contribution < -0.4 is 20.5 Å². The van der Waals surface area contributed by atoms with Gasteiger partial charge in [0.25, 0.3) is 0 Å². The lowest BCUT2D eigenvalue weighted by Gasteiger charge is -2.07. The highest BCUT2D eigenvalue weighted by Gasteiger charge is 2.11. The van der Waals surface area contributed by atoms with Crippen LogP contribution in [-0.2, 0) is 6.54 Å². The Kier molecular flexibility index (Phi) is 3.88. The van der Waals surface area contributed by atoms with Crippen LogP contribution in [0.15, 0.2) is 24.3 Å². The molecule has 6 heteroatoms.